The van der Waals surface area contributed by atoms with Gasteiger partial charge in [0.2, 0.25) is 5.91 Å². The molecule has 0 aromatic heterocycles. The summed E-state index contributed by atoms with van der Waals surface area (Å²) in [5, 5.41) is 9.93. The lowest BCUT2D eigenvalue weighted by atomic mass is 9.99. The second-order valence-corrected chi connectivity index (χ2v) is 10.6. The Kier molecular flexibility index (Phi) is 11.6. The molecule has 0 unspecified atom stereocenters. The van der Waals surface area contributed by atoms with Gasteiger partial charge in [-0.2, -0.15) is 0 Å². The average molecular weight is 484 g/mol. The second-order valence-electron chi connectivity index (χ2n) is 10.6. The highest BCUT2D eigenvalue weighted by atomic mass is 16.6. The number of hydrogen-bond donors (Lipinski definition) is 1. The minimum Gasteiger partial charge on any atom is -0.504 e. The fourth-order valence-electron chi connectivity index (χ4n) is 4.30. The lowest BCUT2D eigenvalue weighted by molar-refractivity contribution is -0.133. The zero-order chi connectivity index (χ0) is 26.0. The van der Waals surface area contributed by atoms with Gasteiger partial charge < -0.3 is 14.7 Å². The standard InChI is InChI=1S/C30H45NO4/c1-21(2)16-18-31-19-17-26(29(31)33)15-9-13-23(4)11-7-10-22(3)12-8-14-24(5)20-27-28(32)25(6)30(34)35-27/h10,13,17,20-21,24,32H,7-9,11-12,14-16,18-19H2,1-6H3/b22-10-,23-13-,27-20-/t24-/m1/s1. The number of hydrogen-bond acceptors (Lipinski definition) is 4. The molecule has 0 saturated carbocycles. The number of nitrogens with zero attached hydrogens (tertiary/aromatic N) is 1. The molecule has 2 heterocycles. The molecule has 2 rings (SSSR count). The highest BCUT2D eigenvalue weighted by molar-refractivity contribution is 5.95. The molecule has 0 spiro atoms. The van der Waals surface area contributed by atoms with Crippen molar-refractivity contribution in [1.29, 1.82) is 0 Å². The maximum Gasteiger partial charge on any atom is 0.343 e. The van der Waals surface area contributed by atoms with E-state index in [1.54, 1.807) is 6.92 Å². The number of carbonyl (C=O) groups is 2. The van der Waals surface area contributed by atoms with Gasteiger partial charge in [-0.3, -0.25) is 4.79 Å². The van der Waals surface area contributed by atoms with Gasteiger partial charge in [0, 0.05) is 18.7 Å². The summed E-state index contributed by atoms with van der Waals surface area (Å²) >= 11 is 0. The SMILES string of the molecule is CC1=C(O)/C(=C/[C@H](C)CCC/C(C)=C\CC/C(C)=C\CCC2=CCN(CCC(C)C)C2=O)OC1=O. The van der Waals surface area contributed by atoms with Crippen LogP contribution in [-0.2, 0) is 14.3 Å². The lowest BCUT2D eigenvalue weighted by Gasteiger charge is -2.17. The number of rotatable bonds is 14. The summed E-state index contributed by atoms with van der Waals surface area (Å²) in [5.41, 5.74) is 4.03. The average Bonchev–Trinajstić information content (AvgIpc) is 3.26. The Hall–Kier alpha value is -2.56. The Bertz CT molecular complexity index is 917. The zero-order valence-corrected chi connectivity index (χ0v) is 22.7. The first-order valence-corrected chi connectivity index (χ1v) is 13.2. The first-order chi connectivity index (χ1) is 16.6. The summed E-state index contributed by atoms with van der Waals surface area (Å²) in [6, 6.07) is 0. The quantitative estimate of drug-likeness (QED) is 0.207. The molecule has 0 radical (unpaired) electrons. The lowest BCUT2D eigenvalue weighted by Crippen LogP contribution is -2.28. The molecule has 0 bridgehead atoms. The van der Waals surface area contributed by atoms with Crippen molar-refractivity contribution in [3.63, 3.8) is 0 Å². The van der Waals surface area contributed by atoms with Gasteiger partial charge in [0.05, 0.1) is 5.57 Å². The number of esters is 1. The normalized spacial score (nSPS) is 19.3. The van der Waals surface area contributed by atoms with Gasteiger partial charge in [0.25, 0.3) is 0 Å². The van der Waals surface area contributed by atoms with E-state index in [2.05, 4.69) is 52.8 Å². The van der Waals surface area contributed by atoms with Crippen LogP contribution in [0.4, 0.5) is 0 Å². The van der Waals surface area contributed by atoms with Crippen LogP contribution in [-0.4, -0.2) is 35.0 Å². The minimum atomic E-state index is -0.461. The Balaban J connectivity index is 1.63. The van der Waals surface area contributed by atoms with Crippen LogP contribution in [0.1, 0.15) is 92.9 Å². The van der Waals surface area contributed by atoms with Crippen LogP contribution in [0.25, 0.3) is 0 Å². The molecule has 2 aliphatic rings. The first-order valence-electron chi connectivity index (χ1n) is 13.2. The monoisotopic (exact) mass is 483 g/mol. The first kappa shape index (κ1) is 28.7. The number of amides is 1. The minimum absolute atomic E-state index is 0.0310. The van der Waals surface area contributed by atoms with Crippen LogP contribution >= 0.6 is 0 Å². The fourth-order valence-corrected chi connectivity index (χ4v) is 4.30. The van der Waals surface area contributed by atoms with Gasteiger partial charge in [-0.1, -0.05) is 50.1 Å². The Labute approximate surface area is 212 Å². The van der Waals surface area contributed by atoms with E-state index in [1.807, 2.05) is 11.0 Å². The van der Waals surface area contributed by atoms with Gasteiger partial charge in [0.1, 0.15) is 0 Å². The molecule has 2 aliphatic heterocycles. The van der Waals surface area contributed by atoms with E-state index in [-0.39, 0.29) is 23.2 Å². The van der Waals surface area contributed by atoms with Crippen LogP contribution < -0.4 is 0 Å². The summed E-state index contributed by atoms with van der Waals surface area (Å²) in [5.74, 6) is 0.889. The van der Waals surface area contributed by atoms with Gasteiger partial charge in [-0.15, -0.1) is 0 Å². The highest BCUT2D eigenvalue weighted by Crippen LogP contribution is 2.26. The van der Waals surface area contributed by atoms with Crippen molar-refractivity contribution in [2.24, 2.45) is 11.8 Å². The molecule has 0 fully saturated rings. The van der Waals surface area contributed by atoms with Crippen molar-refractivity contribution in [2.45, 2.75) is 92.9 Å². The third-order valence-corrected chi connectivity index (χ3v) is 6.80. The summed E-state index contributed by atoms with van der Waals surface area (Å²) in [6.07, 6.45) is 16.5. The van der Waals surface area contributed by atoms with E-state index in [4.69, 9.17) is 4.74 Å². The molecule has 0 aromatic rings. The van der Waals surface area contributed by atoms with Crippen LogP contribution in [0, 0.1) is 11.8 Å². The van der Waals surface area contributed by atoms with E-state index >= 15 is 0 Å². The maximum absolute atomic E-state index is 12.5. The third-order valence-electron chi connectivity index (χ3n) is 6.80. The second kappa shape index (κ2) is 14.1. The molecule has 0 saturated heterocycles. The molecule has 1 atom stereocenters. The van der Waals surface area contributed by atoms with Crippen molar-refractivity contribution in [3.05, 3.63) is 58.1 Å². The molecule has 1 amide bonds. The van der Waals surface area contributed by atoms with E-state index in [1.165, 1.54) is 11.1 Å². The number of aliphatic hydroxyl groups is 1. The summed E-state index contributed by atoms with van der Waals surface area (Å²) < 4.78 is 5.10. The molecule has 0 aliphatic carbocycles. The molecular formula is C30H45NO4. The Morgan fingerprint density at radius 1 is 1.09 bits per heavy atom. The molecule has 1 N–H and O–H groups in total. The van der Waals surface area contributed by atoms with Crippen molar-refractivity contribution in [1.82, 2.24) is 4.90 Å². The summed E-state index contributed by atoms with van der Waals surface area (Å²) in [4.78, 5) is 26.0. The Morgan fingerprint density at radius 2 is 1.77 bits per heavy atom. The predicted octanol–water partition coefficient (Wildman–Crippen LogP) is 7.33. The molecule has 5 heteroatoms. The Morgan fingerprint density at radius 3 is 2.43 bits per heavy atom. The van der Waals surface area contributed by atoms with Gasteiger partial charge in [-0.25, -0.2) is 4.79 Å². The highest BCUT2D eigenvalue weighted by Gasteiger charge is 2.26. The topological polar surface area (TPSA) is 66.8 Å². The van der Waals surface area contributed by atoms with Crippen molar-refractivity contribution in [2.75, 3.05) is 13.1 Å². The van der Waals surface area contributed by atoms with Gasteiger partial charge in [-0.05, 0) is 90.0 Å². The smallest absolute Gasteiger partial charge is 0.343 e. The van der Waals surface area contributed by atoms with Crippen molar-refractivity contribution >= 4 is 11.9 Å². The van der Waals surface area contributed by atoms with Crippen LogP contribution in [0.15, 0.2) is 58.1 Å². The molecule has 35 heavy (non-hydrogen) atoms. The summed E-state index contributed by atoms with van der Waals surface area (Å²) in [7, 11) is 0. The van der Waals surface area contributed by atoms with Crippen LogP contribution in [0.5, 0.6) is 0 Å². The number of ether oxygens (including phenoxy) is 1. The number of cyclic esters (lactones) is 1. The number of aliphatic hydroxyl groups excluding tert-OH is 1. The largest absolute Gasteiger partial charge is 0.504 e. The van der Waals surface area contributed by atoms with E-state index in [0.717, 1.165) is 70.0 Å². The third kappa shape index (κ3) is 9.54. The van der Waals surface area contributed by atoms with Gasteiger partial charge in [0.15, 0.2) is 11.5 Å². The summed E-state index contributed by atoms with van der Waals surface area (Å²) in [6.45, 7) is 14.0. The number of carbonyl (C=O) groups excluding carboxylic acids is 2. The van der Waals surface area contributed by atoms with E-state index < -0.39 is 5.97 Å². The van der Waals surface area contributed by atoms with Crippen LogP contribution in [0.2, 0.25) is 0 Å². The predicted molar refractivity (Wildman–Crippen MR) is 143 cm³/mol. The molecule has 5 nitrogen and oxygen atoms in total. The van der Waals surface area contributed by atoms with Gasteiger partial charge >= 0.3 is 5.97 Å². The zero-order valence-electron chi connectivity index (χ0n) is 22.7. The number of allylic oxidation sites excluding steroid dienone is 5. The van der Waals surface area contributed by atoms with E-state index in [9.17, 15) is 14.7 Å². The molecule has 194 valence electrons. The van der Waals surface area contributed by atoms with Crippen molar-refractivity contribution in [3.8, 4) is 0 Å². The van der Waals surface area contributed by atoms with E-state index in [0.29, 0.717) is 11.7 Å². The molecular weight excluding hydrogens is 438 g/mol. The van der Waals surface area contributed by atoms with Crippen molar-refractivity contribution < 1.29 is 19.4 Å². The molecule has 0 aromatic carbocycles. The van der Waals surface area contributed by atoms with Crippen LogP contribution in [0.3, 0.4) is 0 Å². The fraction of sp³-hybridized carbons (Fsp3) is 0.600. The maximum atomic E-state index is 12.5.